The van der Waals surface area contributed by atoms with Gasteiger partial charge in [0.1, 0.15) is 5.82 Å². The Morgan fingerprint density at radius 3 is 2.79 bits per heavy atom. The molecule has 0 unspecified atom stereocenters. The second kappa shape index (κ2) is 7.07. The van der Waals surface area contributed by atoms with E-state index in [0.29, 0.717) is 19.1 Å². The lowest BCUT2D eigenvalue weighted by atomic mass is 9.96. The molecule has 3 rings (SSSR count). The van der Waals surface area contributed by atoms with E-state index in [4.69, 9.17) is 0 Å². The Balaban J connectivity index is 1.46. The number of nitrogens with zero attached hydrogens (tertiary/aromatic N) is 2. The highest BCUT2D eigenvalue weighted by Gasteiger charge is 2.44. The number of hydrogen-bond acceptors (Lipinski definition) is 3. The highest BCUT2D eigenvalue weighted by molar-refractivity contribution is 5.74. The van der Waals surface area contributed by atoms with Crippen LogP contribution < -0.4 is 10.6 Å². The summed E-state index contributed by atoms with van der Waals surface area (Å²) in [5.41, 5.74) is 0.901. The summed E-state index contributed by atoms with van der Waals surface area (Å²) in [6.07, 6.45) is 1.99. The number of urea groups is 1. The number of benzene rings is 1. The molecule has 1 aliphatic heterocycles. The lowest BCUT2D eigenvalue weighted by molar-refractivity contribution is 0.114. The molecule has 132 valence electrons. The average molecular weight is 334 g/mol. The minimum Gasteiger partial charge on any atom is -0.337 e. The van der Waals surface area contributed by atoms with Crippen molar-refractivity contribution >= 4 is 6.03 Å². The van der Waals surface area contributed by atoms with Crippen molar-refractivity contribution in [2.45, 2.75) is 24.3 Å². The van der Waals surface area contributed by atoms with Crippen molar-refractivity contribution in [3.63, 3.8) is 0 Å². The highest BCUT2D eigenvalue weighted by Crippen LogP contribution is 2.47. The molecular weight excluding hydrogens is 307 g/mol. The van der Waals surface area contributed by atoms with Crippen molar-refractivity contribution in [2.75, 3.05) is 46.8 Å². The van der Waals surface area contributed by atoms with Gasteiger partial charge in [0, 0.05) is 44.2 Å². The molecule has 0 spiro atoms. The van der Waals surface area contributed by atoms with E-state index in [9.17, 15) is 9.18 Å². The number of rotatable bonds is 5. The first-order valence-corrected chi connectivity index (χ1v) is 8.65. The molecule has 24 heavy (non-hydrogen) atoms. The van der Waals surface area contributed by atoms with E-state index in [2.05, 4.69) is 34.5 Å². The quantitative estimate of drug-likeness (QED) is 0.856. The van der Waals surface area contributed by atoms with Crippen LogP contribution in [-0.2, 0) is 5.41 Å². The molecule has 2 amide bonds. The number of likely N-dealkylation sites (N-methyl/N-ethyl adjacent to an activating group) is 2. The summed E-state index contributed by atoms with van der Waals surface area (Å²) in [5, 5.41) is 5.94. The first-order chi connectivity index (χ1) is 11.5. The maximum Gasteiger partial charge on any atom is 0.314 e. The first-order valence-electron chi connectivity index (χ1n) is 8.65. The van der Waals surface area contributed by atoms with Gasteiger partial charge in [0.25, 0.3) is 0 Å². The summed E-state index contributed by atoms with van der Waals surface area (Å²) in [5.74, 6) is -0.215. The van der Waals surface area contributed by atoms with Gasteiger partial charge < -0.3 is 15.5 Å². The summed E-state index contributed by atoms with van der Waals surface area (Å²) >= 11 is 0. The van der Waals surface area contributed by atoms with Gasteiger partial charge >= 0.3 is 6.03 Å². The Bertz CT molecular complexity index is 590. The number of piperazine rings is 1. The highest BCUT2D eigenvalue weighted by atomic mass is 19.1. The number of halogens is 1. The topological polar surface area (TPSA) is 47.6 Å². The zero-order chi connectivity index (χ0) is 17.2. The number of amides is 2. The maximum absolute atomic E-state index is 13.4. The minimum absolute atomic E-state index is 0.0821. The van der Waals surface area contributed by atoms with Crippen LogP contribution in [-0.4, -0.2) is 68.7 Å². The molecule has 0 bridgehead atoms. The fourth-order valence-corrected chi connectivity index (χ4v) is 3.38. The van der Waals surface area contributed by atoms with E-state index in [1.807, 2.05) is 6.07 Å². The molecule has 1 saturated heterocycles. The summed E-state index contributed by atoms with van der Waals surface area (Å²) in [7, 11) is 4.20. The standard InChI is InChI=1S/C18H27FN4O/c1-22-8-9-23(2)16(12-22)11-20-17(24)21-13-18(6-7-18)14-4-3-5-15(19)10-14/h3-5,10,16H,6-9,11-13H2,1-2H3,(H2,20,21,24)/t16-/m1/s1. The van der Waals surface area contributed by atoms with Crippen molar-refractivity contribution in [3.05, 3.63) is 35.6 Å². The van der Waals surface area contributed by atoms with Crippen molar-refractivity contribution in [1.29, 1.82) is 0 Å². The summed E-state index contributed by atoms with van der Waals surface area (Å²) in [6, 6.07) is 6.92. The van der Waals surface area contributed by atoms with Crippen LogP contribution in [0.15, 0.2) is 24.3 Å². The molecule has 5 nitrogen and oxygen atoms in total. The Hall–Kier alpha value is -1.66. The molecular formula is C18H27FN4O. The third kappa shape index (κ3) is 4.05. The average Bonchev–Trinajstić information content (AvgIpc) is 3.35. The van der Waals surface area contributed by atoms with Crippen LogP contribution in [0.1, 0.15) is 18.4 Å². The molecule has 1 aromatic rings. The molecule has 1 aliphatic carbocycles. The molecule has 1 saturated carbocycles. The smallest absolute Gasteiger partial charge is 0.314 e. The second-order valence-electron chi connectivity index (χ2n) is 7.25. The van der Waals surface area contributed by atoms with Crippen molar-refractivity contribution in [2.24, 2.45) is 0 Å². The van der Waals surface area contributed by atoms with Gasteiger partial charge in [-0.3, -0.25) is 4.90 Å². The summed E-state index contributed by atoms with van der Waals surface area (Å²) < 4.78 is 13.4. The fourth-order valence-electron chi connectivity index (χ4n) is 3.38. The summed E-state index contributed by atoms with van der Waals surface area (Å²) in [4.78, 5) is 16.7. The Morgan fingerprint density at radius 1 is 1.29 bits per heavy atom. The fraction of sp³-hybridized carbons (Fsp3) is 0.611. The van der Waals surface area contributed by atoms with Crippen molar-refractivity contribution in [3.8, 4) is 0 Å². The van der Waals surface area contributed by atoms with E-state index < -0.39 is 0 Å². The predicted molar refractivity (Wildman–Crippen MR) is 92.6 cm³/mol. The largest absolute Gasteiger partial charge is 0.337 e. The van der Waals surface area contributed by atoms with Gasteiger partial charge in [-0.1, -0.05) is 12.1 Å². The number of hydrogen-bond donors (Lipinski definition) is 2. The van der Waals surface area contributed by atoms with Crippen LogP contribution in [0.2, 0.25) is 0 Å². The third-order valence-corrected chi connectivity index (χ3v) is 5.36. The lowest BCUT2D eigenvalue weighted by Gasteiger charge is -2.37. The van der Waals surface area contributed by atoms with Crippen molar-refractivity contribution in [1.82, 2.24) is 20.4 Å². The first kappa shape index (κ1) is 17.2. The summed E-state index contributed by atoms with van der Waals surface area (Å²) in [6.45, 7) is 4.24. The molecule has 0 aromatic heterocycles. The third-order valence-electron chi connectivity index (χ3n) is 5.36. The normalized spacial score (nSPS) is 23.7. The van der Waals surface area contributed by atoms with Crippen LogP contribution in [0.4, 0.5) is 9.18 Å². The Morgan fingerprint density at radius 2 is 2.08 bits per heavy atom. The van der Waals surface area contributed by atoms with Gasteiger partial charge in [0.05, 0.1) is 0 Å². The van der Waals surface area contributed by atoms with Crippen LogP contribution in [0, 0.1) is 5.82 Å². The molecule has 1 heterocycles. The lowest BCUT2D eigenvalue weighted by Crippen LogP contribution is -2.55. The molecule has 1 aromatic carbocycles. The van der Waals surface area contributed by atoms with E-state index in [1.54, 1.807) is 12.1 Å². The van der Waals surface area contributed by atoms with Gasteiger partial charge in [-0.05, 0) is 44.6 Å². The van der Waals surface area contributed by atoms with Crippen LogP contribution in [0.25, 0.3) is 0 Å². The van der Waals surface area contributed by atoms with E-state index in [0.717, 1.165) is 38.0 Å². The zero-order valence-corrected chi connectivity index (χ0v) is 14.5. The maximum atomic E-state index is 13.4. The Labute approximate surface area is 143 Å². The van der Waals surface area contributed by atoms with Crippen molar-refractivity contribution < 1.29 is 9.18 Å². The second-order valence-corrected chi connectivity index (χ2v) is 7.25. The Kier molecular flexibility index (Phi) is 5.06. The monoisotopic (exact) mass is 334 g/mol. The zero-order valence-electron chi connectivity index (χ0n) is 14.5. The number of nitrogens with one attached hydrogen (secondary N) is 2. The molecule has 2 N–H and O–H groups in total. The molecule has 2 aliphatic rings. The minimum atomic E-state index is -0.215. The molecule has 0 radical (unpaired) electrons. The predicted octanol–water partition coefficient (Wildman–Crippen LogP) is 1.40. The van der Waals surface area contributed by atoms with E-state index in [1.165, 1.54) is 6.07 Å². The van der Waals surface area contributed by atoms with E-state index in [-0.39, 0.29) is 17.3 Å². The van der Waals surface area contributed by atoms with Crippen LogP contribution in [0.5, 0.6) is 0 Å². The van der Waals surface area contributed by atoms with E-state index >= 15 is 0 Å². The van der Waals surface area contributed by atoms with Gasteiger partial charge in [0.15, 0.2) is 0 Å². The van der Waals surface area contributed by atoms with Gasteiger partial charge in [0.2, 0.25) is 0 Å². The number of carbonyl (C=O) groups excluding carboxylic acids is 1. The van der Waals surface area contributed by atoms with Gasteiger partial charge in [-0.2, -0.15) is 0 Å². The van der Waals surface area contributed by atoms with Crippen LogP contribution >= 0.6 is 0 Å². The SMILES string of the molecule is CN1CCN(C)[C@H](CNC(=O)NCC2(c3cccc(F)c3)CC2)C1. The van der Waals surface area contributed by atoms with Gasteiger partial charge in [-0.25, -0.2) is 9.18 Å². The molecule has 1 atom stereocenters. The molecule has 6 heteroatoms. The molecule has 2 fully saturated rings. The van der Waals surface area contributed by atoms with Crippen LogP contribution in [0.3, 0.4) is 0 Å². The number of carbonyl (C=O) groups is 1. The van der Waals surface area contributed by atoms with Gasteiger partial charge in [-0.15, -0.1) is 0 Å².